The minimum Gasteiger partial charge on any atom is -0.184 e. The topological polar surface area (TPSA) is 12.9 Å². The molecule has 1 heterocycles. The van der Waals surface area contributed by atoms with Gasteiger partial charge in [0.2, 0.25) is 0 Å². The summed E-state index contributed by atoms with van der Waals surface area (Å²) in [6, 6.07) is 0. The minimum absolute atomic E-state index is 0.761. The number of hydrogen-bond donors (Lipinski definition) is 0. The Morgan fingerprint density at radius 2 is 2.38 bits per heavy atom. The molecule has 44 valence electrons. The highest BCUT2D eigenvalue weighted by molar-refractivity contribution is 9.10. The molecule has 0 aliphatic heterocycles. The van der Waals surface area contributed by atoms with Crippen LogP contribution in [0.5, 0.6) is 0 Å². The number of halogens is 2. The second kappa shape index (κ2) is 2.33. The summed E-state index contributed by atoms with van der Waals surface area (Å²) in [4.78, 5) is 0. The molecule has 0 fully saturated rings. The summed E-state index contributed by atoms with van der Waals surface area (Å²) in [6.07, 6.45) is 0. The number of nitrogens with zero attached hydrogens (tertiary/aromatic N) is 1. The highest BCUT2D eigenvalue weighted by Gasteiger charge is 2.01. The molecule has 1 rings (SSSR count). The van der Waals surface area contributed by atoms with E-state index < -0.39 is 0 Å². The van der Waals surface area contributed by atoms with Gasteiger partial charge in [0.15, 0.2) is 0 Å². The van der Waals surface area contributed by atoms with Gasteiger partial charge in [-0.25, -0.2) is 0 Å². The molecule has 8 heavy (non-hydrogen) atoms. The molecule has 0 saturated heterocycles. The highest BCUT2D eigenvalue weighted by atomic mass is 79.9. The summed E-state index contributed by atoms with van der Waals surface area (Å²) in [5.74, 6) is 0. The zero-order chi connectivity index (χ0) is 6.15. The van der Waals surface area contributed by atoms with Gasteiger partial charge >= 0.3 is 0 Å². The molecule has 1 aromatic heterocycles. The second-order valence-corrected chi connectivity index (χ2v) is 3.50. The molecule has 0 amide bonds. The van der Waals surface area contributed by atoms with Crippen LogP contribution in [0.3, 0.4) is 0 Å². The number of aromatic nitrogens is 1. The maximum atomic E-state index is 5.66. The van der Waals surface area contributed by atoms with E-state index in [4.69, 9.17) is 11.6 Å². The van der Waals surface area contributed by atoms with E-state index in [0.29, 0.717) is 0 Å². The Labute approximate surface area is 65.0 Å². The average molecular weight is 212 g/mol. The van der Waals surface area contributed by atoms with E-state index >= 15 is 0 Å². The van der Waals surface area contributed by atoms with Gasteiger partial charge in [-0.05, 0) is 34.4 Å². The molecule has 0 bridgehead atoms. The van der Waals surface area contributed by atoms with Crippen molar-refractivity contribution in [2.75, 3.05) is 0 Å². The smallest absolute Gasteiger partial charge is 0.124 e. The Morgan fingerprint density at radius 3 is 2.50 bits per heavy atom. The van der Waals surface area contributed by atoms with Crippen LogP contribution in [0.2, 0.25) is 4.34 Å². The molecule has 0 aliphatic rings. The van der Waals surface area contributed by atoms with Gasteiger partial charge in [0.25, 0.3) is 0 Å². The molecular formula is C4H3BrClNS. The normalized spacial score (nSPS) is 9.88. The van der Waals surface area contributed by atoms with Crippen molar-refractivity contribution in [2.45, 2.75) is 6.92 Å². The molecule has 0 aromatic carbocycles. The van der Waals surface area contributed by atoms with E-state index in [0.717, 1.165) is 14.5 Å². The predicted molar refractivity (Wildman–Crippen MR) is 39.6 cm³/mol. The van der Waals surface area contributed by atoms with Crippen molar-refractivity contribution < 1.29 is 0 Å². The Kier molecular flexibility index (Phi) is 1.90. The standard InChI is InChI=1S/C4H3BrClNS/c1-2-3(5)7-8-4(2)6/h1H3. The summed E-state index contributed by atoms with van der Waals surface area (Å²) in [7, 11) is 0. The van der Waals surface area contributed by atoms with Crippen LogP contribution in [0, 0.1) is 6.92 Å². The summed E-state index contributed by atoms with van der Waals surface area (Å²) in [5, 5.41) is 0. The van der Waals surface area contributed by atoms with Crippen LogP contribution in [-0.2, 0) is 0 Å². The quantitative estimate of drug-likeness (QED) is 0.644. The molecule has 0 saturated carbocycles. The zero-order valence-corrected chi connectivity index (χ0v) is 7.27. The lowest BCUT2D eigenvalue weighted by atomic mass is 10.4. The maximum Gasteiger partial charge on any atom is 0.124 e. The fourth-order valence-corrected chi connectivity index (χ4v) is 1.68. The SMILES string of the molecule is Cc1c(Br)nsc1Cl. The van der Waals surface area contributed by atoms with Crippen LogP contribution >= 0.6 is 39.1 Å². The van der Waals surface area contributed by atoms with Gasteiger partial charge < -0.3 is 0 Å². The zero-order valence-electron chi connectivity index (χ0n) is 4.11. The largest absolute Gasteiger partial charge is 0.184 e. The first-order valence-corrected chi connectivity index (χ1v) is 3.93. The van der Waals surface area contributed by atoms with Gasteiger partial charge in [0.1, 0.15) is 8.94 Å². The summed E-state index contributed by atoms with van der Waals surface area (Å²) in [5.41, 5.74) is 1.02. The maximum absolute atomic E-state index is 5.66. The Balaban J connectivity index is 3.19. The van der Waals surface area contributed by atoms with Crippen LogP contribution in [0.4, 0.5) is 0 Å². The van der Waals surface area contributed by atoms with E-state index in [1.165, 1.54) is 11.5 Å². The van der Waals surface area contributed by atoms with Crippen LogP contribution < -0.4 is 0 Å². The first-order valence-electron chi connectivity index (χ1n) is 1.99. The Bertz CT molecular complexity index is 178. The molecule has 0 spiro atoms. The van der Waals surface area contributed by atoms with E-state index in [9.17, 15) is 0 Å². The number of rotatable bonds is 0. The van der Waals surface area contributed by atoms with Crippen molar-refractivity contribution in [1.29, 1.82) is 0 Å². The number of hydrogen-bond acceptors (Lipinski definition) is 2. The molecule has 4 heteroatoms. The average Bonchev–Trinajstić information content (AvgIpc) is 1.98. The first-order chi connectivity index (χ1) is 3.72. The lowest BCUT2D eigenvalue weighted by Crippen LogP contribution is -1.63. The second-order valence-electron chi connectivity index (χ2n) is 1.37. The van der Waals surface area contributed by atoms with E-state index in [1.807, 2.05) is 6.92 Å². The van der Waals surface area contributed by atoms with Crippen molar-refractivity contribution >= 4 is 39.1 Å². The molecule has 0 unspecified atom stereocenters. The molecule has 1 nitrogen and oxygen atoms in total. The molecule has 0 atom stereocenters. The molecule has 0 N–H and O–H groups in total. The summed E-state index contributed by atoms with van der Waals surface area (Å²) >= 11 is 10.2. The fourth-order valence-electron chi connectivity index (χ4n) is 0.298. The van der Waals surface area contributed by atoms with Crippen molar-refractivity contribution in [2.24, 2.45) is 0 Å². The first kappa shape index (κ1) is 6.52. The minimum atomic E-state index is 0.761. The van der Waals surface area contributed by atoms with Gasteiger partial charge in [-0.3, -0.25) is 0 Å². The van der Waals surface area contributed by atoms with E-state index in [-0.39, 0.29) is 0 Å². The van der Waals surface area contributed by atoms with Gasteiger partial charge in [0.05, 0.1) is 0 Å². The van der Waals surface area contributed by atoms with Crippen LogP contribution in [0.1, 0.15) is 5.56 Å². The van der Waals surface area contributed by atoms with Crippen LogP contribution in [-0.4, -0.2) is 4.37 Å². The fraction of sp³-hybridized carbons (Fsp3) is 0.250. The van der Waals surface area contributed by atoms with E-state index in [2.05, 4.69) is 20.3 Å². The lowest BCUT2D eigenvalue weighted by molar-refractivity contribution is 1.39. The van der Waals surface area contributed by atoms with Gasteiger partial charge in [0, 0.05) is 5.56 Å². The summed E-state index contributed by atoms with van der Waals surface area (Å²) < 4.78 is 5.56. The Morgan fingerprint density at radius 1 is 1.75 bits per heavy atom. The van der Waals surface area contributed by atoms with E-state index in [1.54, 1.807) is 0 Å². The summed E-state index contributed by atoms with van der Waals surface area (Å²) in [6.45, 7) is 1.93. The molecule has 0 aliphatic carbocycles. The van der Waals surface area contributed by atoms with Crippen molar-refractivity contribution in [3.8, 4) is 0 Å². The Hall–Kier alpha value is 0.400. The predicted octanol–water partition coefficient (Wildman–Crippen LogP) is 2.87. The van der Waals surface area contributed by atoms with Crippen molar-refractivity contribution in [3.63, 3.8) is 0 Å². The highest BCUT2D eigenvalue weighted by Crippen LogP contribution is 2.26. The molecular weight excluding hydrogens is 209 g/mol. The van der Waals surface area contributed by atoms with Crippen molar-refractivity contribution in [3.05, 3.63) is 14.5 Å². The third-order valence-corrected chi connectivity index (χ3v) is 3.05. The monoisotopic (exact) mass is 211 g/mol. The molecule has 0 radical (unpaired) electrons. The van der Waals surface area contributed by atoms with Gasteiger partial charge in [-0.1, -0.05) is 11.6 Å². The van der Waals surface area contributed by atoms with Gasteiger partial charge in [-0.2, -0.15) is 4.37 Å². The van der Waals surface area contributed by atoms with Gasteiger partial charge in [-0.15, -0.1) is 0 Å². The van der Waals surface area contributed by atoms with Crippen molar-refractivity contribution in [1.82, 2.24) is 4.37 Å². The lowest BCUT2D eigenvalue weighted by Gasteiger charge is -1.79. The third kappa shape index (κ3) is 1.04. The van der Waals surface area contributed by atoms with Crippen LogP contribution in [0.25, 0.3) is 0 Å². The molecule has 1 aromatic rings. The third-order valence-electron chi connectivity index (χ3n) is 0.810. The van der Waals surface area contributed by atoms with Crippen LogP contribution in [0.15, 0.2) is 4.60 Å².